The van der Waals surface area contributed by atoms with Crippen LogP contribution in [0.3, 0.4) is 0 Å². The van der Waals surface area contributed by atoms with Crippen LogP contribution in [-0.2, 0) is 0 Å². The topological polar surface area (TPSA) is 43.4 Å². The van der Waals surface area contributed by atoms with Gasteiger partial charge in [-0.1, -0.05) is 24.3 Å². The molecule has 22 heavy (non-hydrogen) atoms. The van der Waals surface area contributed by atoms with E-state index in [1.165, 1.54) is 6.07 Å². The van der Waals surface area contributed by atoms with Gasteiger partial charge in [-0.05, 0) is 30.3 Å². The van der Waals surface area contributed by atoms with Crippen molar-refractivity contribution in [2.45, 2.75) is 0 Å². The lowest BCUT2D eigenvalue weighted by atomic mass is 10.0. The van der Waals surface area contributed by atoms with Crippen molar-refractivity contribution in [3.63, 3.8) is 0 Å². The second-order valence-corrected chi connectivity index (χ2v) is 5.36. The first-order valence-electron chi connectivity index (χ1n) is 7.08. The van der Waals surface area contributed by atoms with E-state index in [0.717, 1.165) is 38.3 Å². The maximum absolute atomic E-state index is 11.7. The molecule has 0 saturated heterocycles. The van der Waals surface area contributed by atoms with Crippen LogP contribution in [0.15, 0.2) is 74.3 Å². The normalized spacial score (nSPS) is 11.8. The highest BCUT2D eigenvalue weighted by atomic mass is 16.3. The monoisotopic (exact) mass is 286 g/mol. The fourth-order valence-electron chi connectivity index (χ4n) is 3.13. The number of hydrogen-bond acceptors (Lipinski definition) is 3. The molecule has 0 N–H and O–H groups in total. The molecule has 3 aromatic carbocycles. The quantitative estimate of drug-likeness (QED) is 0.302. The largest absolute Gasteiger partial charge is 0.456 e. The third-order valence-corrected chi connectivity index (χ3v) is 4.06. The minimum atomic E-state index is -0.0562. The summed E-state index contributed by atoms with van der Waals surface area (Å²) in [5, 5.41) is 3.96. The lowest BCUT2D eigenvalue weighted by Crippen LogP contribution is -1.95. The summed E-state index contributed by atoms with van der Waals surface area (Å²) in [4.78, 5) is 11.7. The molecular formula is C19H10O3. The van der Waals surface area contributed by atoms with Gasteiger partial charge in [-0.15, -0.1) is 0 Å². The summed E-state index contributed by atoms with van der Waals surface area (Å²) in [6, 6.07) is 18.6. The second-order valence-electron chi connectivity index (χ2n) is 5.36. The molecule has 0 atom stereocenters. The molecule has 2 heterocycles. The molecule has 0 aliphatic rings. The SMILES string of the molecule is O=c1ccc2c(c1)oc1cccc3oc4ccccc4c2c31. The molecule has 0 saturated carbocycles. The van der Waals surface area contributed by atoms with Gasteiger partial charge in [-0.2, -0.15) is 0 Å². The van der Waals surface area contributed by atoms with Crippen LogP contribution in [-0.4, -0.2) is 0 Å². The van der Waals surface area contributed by atoms with Gasteiger partial charge in [-0.25, -0.2) is 0 Å². The van der Waals surface area contributed by atoms with Gasteiger partial charge in [-0.3, -0.25) is 4.79 Å². The van der Waals surface area contributed by atoms with Gasteiger partial charge in [0.25, 0.3) is 0 Å². The van der Waals surface area contributed by atoms with Crippen molar-refractivity contribution in [3.05, 3.63) is 70.9 Å². The molecule has 5 aromatic rings. The van der Waals surface area contributed by atoms with Crippen LogP contribution in [0.5, 0.6) is 0 Å². The lowest BCUT2D eigenvalue weighted by Gasteiger charge is -2.10. The van der Waals surface area contributed by atoms with Gasteiger partial charge in [0.15, 0.2) is 5.43 Å². The zero-order valence-electron chi connectivity index (χ0n) is 11.5. The first-order valence-corrected chi connectivity index (χ1v) is 7.08. The fourth-order valence-corrected chi connectivity index (χ4v) is 3.13. The van der Waals surface area contributed by atoms with E-state index in [-0.39, 0.29) is 5.43 Å². The Morgan fingerprint density at radius 2 is 1.27 bits per heavy atom. The van der Waals surface area contributed by atoms with Crippen molar-refractivity contribution in [2.24, 2.45) is 0 Å². The summed E-state index contributed by atoms with van der Waals surface area (Å²) in [5.74, 6) is 0. The number of fused-ring (bicyclic) bond motifs is 4. The Morgan fingerprint density at radius 3 is 2.14 bits per heavy atom. The van der Waals surface area contributed by atoms with E-state index in [0.29, 0.717) is 5.58 Å². The molecule has 0 unspecified atom stereocenters. The molecule has 0 radical (unpaired) electrons. The van der Waals surface area contributed by atoms with E-state index >= 15 is 0 Å². The Labute approximate surface area is 124 Å². The summed E-state index contributed by atoms with van der Waals surface area (Å²) in [5.41, 5.74) is 2.87. The summed E-state index contributed by atoms with van der Waals surface area (Å²) < 4.78 is 11.9. The Kier molecular flexibility index (Phi) is 2.09. The van der Waals surface area contributed by atoms with Crippen molar-refractivity contribution >= 4 is 43.9 Å². The summed E-state index contributed by atoms with van der Waals surface area (Å²) in [7, 11) is 0. The molecule has 2 aromatic heterocycles. The second kappa shape index (κ2) is 3.98. The van der Waals surface area contributed by atoms with Crippen LogP contribution in [0.1, 0.15) is 0 Å². The minimum absolute atomic E-state index is 0.0562. The van der Waals surface area contributed by atoms with Crippen molar-refractivity contribution in [2.75, 3.05) is 0 Å². The molecule has 5 rings (SSSR count). The van der Waals surface area contributed by atoms with Gasteiger partial charge >= 0.3 is 0 Å². The van der Waals surface area contributed by atoms with Crippen molar-refractivity contribution < 1.29 is 8.83 Å². The first kappa shape index (κ1) is 11.6. The lowest BCUT2D eigenvalue weighted by molar-refractivity contribution is 0.648. The van der Waals surface area contributed by atoms with Gasteiger partial charge in [0.05, 0.1) is 5.39 Å². The summed E-state index contributed by atoms with van der Waals surface area (Å²) >= 11 is 0. The maximum Gasteiger partial charge on any atom is 0.182 e. The minimum Gasteiger partial charge on any atom is -0.456 e. The molecule has 0 bridgehead atoms. The Balaban J connectivity index is 2.25. The third kappa shape index (κ3) is 1.42. The van der Waals surface area contributed by atoms with Crippen LogP contribution in [0.25, 0.3) is 43.9 Å². The van der Waals surface area contributed by atoms with Crippen molar-refractivity contribution in [1.82, 2.24) is 0 Å². The van der Waals surface area contributed by atoms with E-state index in [1.54, 1.807) is 6.07 Å². The average Bonchev–Trinajstić information content (AvgIpc) is 2.54. The highest BCUT2D eigenvalue weighted by molar-refractivity contribution is 6.25. The Morgan fingerprint density at radius 1 is 0.591 bits per heavy atom. The summed E-state index contributed by atoms with van der Waals surface area (Å²) in [6.45, 7) is 0. The first-order chi connectivity index (χ1) is 10.8. The molecule has 0 aliphatic heterocycles. The third-order valence-electron chi connectivity index (χ3n) is 4.06. The molecule has 3 nitrogen and oxygen atoms in total. The average molecular weight is 286 g/mol. The number of hydrogen-bond donors (Lipinski definition) is 0. The maximum atomic E-state index is 11.7. The molecule has 0 spiro atoms. The van der Waals surface area contributed by atoms with Gasteiger partial charge in [0.2, 0.25) is 0 Å². The molecular weight excluding hydrogens is 276 g/mol. The van der Waals surface area contributed by atoms with Crippen LogP contribution in [0.4, 0.5) is 0 Å². The zero-order chi connectivity index (χ0) is 14.7. The smallest absolute Gasteiger partial charge is 0.182 e. The summed E-state index contributed by atoms with van der Waals surface area (Å²) in [6.07, 6.45) is 0. The number of rotatable bonds is 0. The molecule has 0 amide bonds. The van der Waals surface area contributed by atoms with Crippen LogP contribution < -0.4 is 5.43 Å². The van der Waals surface area contributed by atoms with Crippen LogP contribution in [0.2, 0.25) is 0 Å². The van der Waals surface area contributed by atoms with E-state index in [1.807, 2.05) is 48.5 Å². The highest BCUT2D eigenvalue weighted by Gasteiger charge is 2.14. The van der Waals surface area contributed by atoms with Crippen LogP contribution in [0, 0.1) is 0 Å². The van der Waals surface area contributed by atoms with Crippen LogP contribution >= 0.6 is 0 Å². The Hall–Kier alpha value is -3.07. The van der Waals surface area contributed by atoms with Gasteiger partial charge < -0.3 is 8.83 Å². The van der Waals surface area contributed by atoms with Gasteiger partial charge in [0, 0.05) is 22.2 Å². The molecule has 3 heteroatoms. The number of benzene rings is 3. The molecule has 104 valence electrons. The van der Waals surface area contributed by atoms with E-state index < -0.39 is 0 Å². The predicted molar refractivity (Wildman–Crippen MR) is 87.3 cm³/mol. The van der Waals surface area contributed by atoms with E-state index in [9.17, 15) is 4.79 Å². The fraction of sp³-hybridized carbons (Fsp3) is 0. The zero-order valence-corrected chi connectivity index (χ0v) is 11.5. The van der Waals surface area contributed by atoms with E-state index in [4.69, 9.17) is 8.83 Å². The molecule has 0 aliphatic carbocycles. The standard InChI is InChI=1S/C19H10O3/c20-11-8-9-13-17(10-11)22-16-7-3-6-15-19(16)18(13)12-4-1-2-5-14(12)21-15/h1-10H. The van der Waals surface area contributed by atoms with E-state index in [2.05, 4.69) is 0 Å². The van der Waals surface area contributed by atoms with Crippen molar-refractivity contribution in [1.29, 1.82) is 0 Å². The van der Waals surface area contributed by atoms with Gasteiger partial charge in [0.1, 0.15) is 22.3 Å². The Bertz CT molecular complexity index is 1240. The van der Waals surface area contributed by atoms with Crippen molar-refractivity contribution in [3.8, 4) is 0 Å². The highest BCUT2D eigenvalue weighted by Crippen LogP contribution is 2.38. The molecule has 0 fully saturated rings. The number of para-hydroxylation sites is 1. The predicted octanol–water partition coefficient (Wildman–Crippen LogP) is 4.85.